The summed E-state index contributed by atoms with van der Waals surface area (Å²) < 4.78 is 13.4. The highest BCUT2D eigenvalue weighted by Gasteiger charge is 2.32. The van der Waals surface area contributed by atoms with E-state index in [-0.39, 0.29) is 18.4 Å². The van der Waals surface area contributed by atoms with Crippen LogP contribution in [0.15, 0.2) is 85.3 Å². The fourth-order valence-electron chi connectivity index (χ4n) is 5.03. The number of methoxy groups -OCH3 is 1. The minimum Gasteiger partial charge on any atom is -0.493 e. The van der Waals surface area contributed by atoms with Crippen molar-refractivity contribution in [2.45, 2.75) is 44.8 Å². The molecule has 9 heteroatoms. The van der Waals surface area contributed by atoms with Crippen molar-refractivity contribution < 1.29 is 19.1 Å². The van der Waals surface area contributed by atoms with Crippen LogP contribution in [0.5, 0.6) is 11.5 Å². The van der Waals surface area contributed by atoms with E-state index in [1.54, 1.807) is 30.5 Å². The molecule has 0 saturated carbocycles. The molecule has 9 nitrogen and oxygen atoms in total. The third kappa shape index (κ3) is 7.30. The lowest BCUT2D eigenvalue weighted by Gasteiger charge is -2.30. The highest BCUT2D eigenvalue weighted by Crippen LogP contribution is 2.30. The number of carbonyl (C=O) groups is 2. The summed E-state index contributed by atoms with van der Waals surface area (Å²) in [5, 5.41) is 7.25. The number of nitrogens with one attached hydrogen (secondary N) is 1. The molecule has 1 saturated heterocycles. The molecule has 3 heterocycles. The van der Waals surface area contributed by atoms with Crippen molar-refractivity contribution in [3.63, 3.8) is 0 Å². The van der Waals surface area contributed by atoms with Gasteiger partial charge in [-0.2, -0.15) is 5.10 Å². The summed E-state index contributed by atoms with van der Waals surface area (Å²) in [7, 11) is 1.59. The van der Waals surface area contributed by atoms with Gasteiger partial charge < -0.3 is 19.7 Å². The Morgan fingerprint density at radius 1 is 1.02 bits per heavy atom. The second kappa shape index (κ2) is 13.6. The highest BCUT2D eigenvalue weighted by molar-refractivity contribution is 5.97. The molecule has 2 aromatic carbocycles. The van der Waals surface area contributed by atoms with Crippen molar-refractivity contribution in [1.82, 2.24) is 25.0 Å². The maximum atomic E-state index is 14.0. The lowest BCUT2D eigenvalue weighted by molar-refractivity contribution is -0.125. The minimum absolute atomic E-state index is 0.120. The van der Waals surface area contributed by atoms with Crippen molar-refractivity contribution in [2.75, 3.05) is 20.3 Å². The number of hydrogen-bond donors (Lipinski definition) is 1. The van der Waals surface area contributed by atoms with Crippen molar-refractivity contribution in [3.8, 4) is 11.5 Å². The number of pyridine rings is 1. The molecule has 1 aliphatic heterocycles. The van der Waals surface area contributed by atoms with Crippen molar-refractivity contribution in [3.05, 3.63) is 108 Å². The predicted octanol–water partition coefficient (Wildman–Crippen LogP) is 4.27. The van der Waals surface area contributed by atoms with Gasteiger partial charge in [-0.1, -0.05) is 24.3 Å². The zero-order chi connectivity index (χ0) is 28.4. The average molecular weight is 554 g/mol. The van der Waals surface area contributed by atoms with Crippen LogP contribution in [0.2, 0.25) is 0 Å². The molecule has 41 heavy (non-hydrogen) atoms. The Kier molecular flexibility index (Phi) is 9.26. The average Bonchev–Trinajstić information content (AvgIpc) is 3.42. The van der Waals surface area contributed by atoms with Crippen LogP contribution in [0.25, 0.3) is 0 Å². The Balaban J connectivity index is 1.36. The molecule has 0 unspecified atom stereocenters. The molecule has 0 radical (unpaired) electrons. The van der Waals surface area contributed by atoms with E-state index in [1.165, 1.54) is 0 Å². The zero-order valence-corrected chi connectivity index (χ0v) is 23.2. The van der Waals surface area contributed by atoms with Gasteiger partial charge in [-0.25, -0.2) is 0 Å². The Morgan fingerprint density at radius 3 is 2.76 bits per heavy atom. The largest absolute Gasteiger partial charge is 0.493 e. The number of aromatic nitrogens is 3. The lowest BCUT2D eigenvalue weighted by atomic mass is 10.0. The molecule has 4 aromatic rings. The molecule has 1 N–H and O–H groups in total. The molecular formula is C32H35N5O4. The van der Waals surface area contributed by atoms with Crippen LogP contribution in [0, 0.1) is 0 Å². The highest BCUT2D eigenvalue weighted by atomic mass is 16.5. The van der Waals surface area contributed by atoms with Crippen LogP contribution in [0.4, 0.5) is 0 Å². The van der Waals surface area contributed by atoms with Crippen molar-refractivity contribution >= 4 is 11.8 Å². The van der Waals surface area contributed by atoms with Gasteiger partial charge in [0.2, 0.25) is 5.91 Å². The van der Waals surface area contributed by atoms with E-state index in [1.807, 2.05) is 71.5 Å². The number of carbonyl (C=O) groups excluding carboxylic acids is 2. The summed E-state index contributed by atoms with van der Waals surface area (Å²) in [6.07, 6.45) is 8.41. The first-order valence-corrected chi connectivity index (χ1v) is 14.0. The first-order chi connectivity index (χ1) is 20.1. The molecule has 0 aliphatic carbocycles. The van der Waals surface area contributed by atoms with E-state index < -0.39 is 6.04 Å². The number of hydrogen-bond acceptors (Lipinski definition) is 6. The Bertz CT molecular complexity index is 1440. The van der Waals surface area contributed by atoms with Gasteiger partial charge in [0.25, 0.3) is 5.91 Å². The van der Waals surface area contributed by atoms with E-state index >= 15 is 0 Å². The van der Waals surface area contributed by atoms with Crippen molar-refractivity contribution in [2.24, 2.45) is 0 Å². The van der Waals surface area contributed by atoms with Gasteiger partial charge in [0, 0.05) is 49.4 Å². The fraction of sp³-hybridized carbons (Fsp3) is 0.312. The summed E-state index contributed by atoms with van der Waals surface area (Å²) in [5.74, 6) is 0.875. The lowest BCUT2D eigenvalue weighted by Crippen LogP contribution is -2.48. The number of amides is 2. The van der Waals surface area contributed by atoms with Gasteiger partial charge in [0.15, 0.2) is 11.5 Å². The SMILES string of the molecule is COc1cc(CN(C(=O)c2cccc(Cn3cccn3)c2)[C@H]2CCCCNC2=O)ccc1OCCc1ccccn1. The third-order valence-electron chi connectivity index (χ3n) is 7.14. The van der Waals surface area contributed by atoms with Gasteiger partial charge in [0.1, 0.15) is 6.04 Å². The van der Waals surface area contributed by atoms with Gasteiger partial charge in [-0.15, -0.1) is 0 Å². The fourth-order valence-corrected chi connectivity index (χ4v) is 5.03. The summed E-state index contributed by atoms with van der Waals surface area (Å²) in [6.45, 7) is 1.88. The summed E-state index contributed by atoms with van der Waals surface area (Å²) in [6, 6.07) is 20.3. The third-order valence-corrected chi connectivity index (χ3v) is 7.14. The Hall–Kier alpha value is -4.66. The zero-order valence-electron chi connectivity index (χ0n) is 23.2. The van der Waals surface area contributed by atoms with Crippen LogP contribution in [0.1, 0.15) is 46.4 Å². The van der Waals surface area contributed by atoms with Crippen LogP contribution in [-0.2, 0) is 24.3 Å². The molecule has 5 rings (SSSR count). The van der Waals surface area contributed by atoms with Crippen LogP contribution in [-0.4, -0.2) is 57.8 Å². The van der Waals surface area contributed by atoms with Crippen LogP contribution < -0.4 is 14.8 Å². The van der Waals surface area contributed by atoms with Gasteiger partial charge >= 0.3 is 0 Å². The molecule has 0 spiro atoms. The molecule has 1 aliphatic rings. The summed E-state index contributed by atoms with van der Waals surface area (Å²) in [5.41, 5.74) is 3.29. The van der Waals surface area contributed by atoms with E-state index in [9.17, 15) is 9.59 Å². The van der Waals surface area contributed by atoms with Gasteiger partial charge in [-0.3, -0.25) is 19.3 Å². The summed E-state index contributed by atoms with van der Waals surface area (Å²) in [4.78, 5) is 33.1. The Morgan fingerprint density at radius 2 is 1.95 bits per heavy atom. The Labute approximate surface area is 240 Å². The van der Waals surface area contributed by atoms with E-state index in [2.05, 4.69) is 15.4 Å². The first-order valence-electron chi connectivity index (χ1n) is 14.0. The second-order valence-corrected chi connectivity index (χ2v) is 10.0. The smallest absolute Gasteiger partial charge is 0.254 e. The molecular weight excluding hydrogens is 518 g/mol. The second-order valence-electron chi connectivity index (χ2n) is 10.0. The van der Waals surface area contributed by atoms with Crippen LogP contribution >= 0.6 is 0 Å². The first kappa shape index (κ1) is 27.9. The van der Waals surface area contributed by atoms with Gasteiger partial charge in [-0.05, 0) is 72.9 Å². The molecule has 2 amide bonds. The quantitative estimate of drug-likeness (QED) is 0.298. The molecule has 212 valence electrons. The molecule has 1 atom stereocenters. The molecule has 2 aromatic heterocycles. The van der Waals surface area contributed by atoms with E-state index in [0.29, 0.717) is 49.6 Å². The predicted molar refractivity (Wildman–Crippen MR) is 155 cm³/mol. The normalized spacial score (nSPS) is 15.0. The molecule has 1 fully saturated rings. The van der Waals surface area contributed by atoms with Gasteiger partial charge in [0.05, 0.1) is 20.3 Å². The monoisotopic (exact) mass is 553 g/mol. The maximum absolute atomic E-state index is 14.0. The molecule has 0 bridgehead atoms. The van der Waals surface area contributed by atoms with E-state index in [0.717, 1.165) is 29.7 Å². The van der Waals surface area contributed by atoms with Crippen LogP contribution in [0.3, 0.4) is 0 Å². The van der Waals surface area contributed by atoms with E-state index in [4.69, 9.17) is 9.47 Å². The number of rotatable bonds is 11. The number of benzene rings is 2. The standard InChI is InChI=1S/C32H35N5O4/c1-40-30-21-25(12-13-29(30)41-19-14-27-10-2-4-15-33-27)23-37(28-11-3-5-16-34-31(28)38)32(39)26-9-6-8-24(20-26)22-36-18-7-17-35-36/h2,4,6-10,12-13,15,17-18,20-21,28H,3,5,11,14,16,19,22-23H2,1H3,(H,34,38)/t28-/m0/s1. The maximum Gasteiger partial charge on any atom is 0.254 e. The summed E-state index contributed by atoms with van der Waals surface area (Å²) >= 11 is 0. The topological polar surface area (TPSA) is 98.6 Å². The van der Waals surface area contributed by atoms with Crippen molar-refractivity contribution in [1.29, 1.82) is 0 Å². The number of ether oxygens (including phenoxy) is 2. The number of nitrogens with zero attached hydrogens (tertiary/aromatic N) is 4. The minimum atomic E-state index is -0.569.